The lowest BCUT2D eigenvalue weighted by Gasteiger charge is -2.28. The summed E-state index contributed by atoms with van der Waals surface area (Å²) in [6.45, 7) is 2.81. The molecule has 1 amide bonds. The van der Waals surface area contributed by atoms with E-state index in [0.717, 1.165) is 11.1 Å². The lowest BCUT2D eigenvalue weighted by molar-refractivity contribution is -0.0139. The largest absolute Gasteiger partial charge is 0.391 e. The van der Waals surface area contributed by atoms with Gasteiger partial charge >= 0.3 is 0 Å². The summed E-state index contributed by atoms with van der Waals surface area (Å²) in [6, 6.07) is 3.46. The Morgan fingerprint density at radius 3 is 3.25 bits per heavy atom. The van der Waals surface area contributed by atoms with Gasteiger partial charge in [-0.05, 0) is 25.0 Å². The molecule has 3 rings (SSSR count). The Morgan fingerprint density at radius 1 is 1.60 bits per heavy atom. The van der Waals surface area contributed by atoms with Gasteiger partial charge in [0.2, 0.25) is 0 Å². The molecular formula is C14H17N3O3. The molecule has 0 aromatic carbocycles. The number of carbonyl (C=O) groups is 1. The molecule has 0 bridgehead atoms. The topological polar surface area (TPSA) is 75.9 Å². The molecule has 106 valence electrons. The molecule has 6 nitrogen and oxygen atoms in total. The standard InChI is InChI=1S/C14H17N3O3/c1-9-3-2-5-17-13(9)10(7-15-17)14(19)16-11-8-20-6-4-12(11)18/h2-3,5,7,11-12,18H,4,6,8H2,1H3,(H,16,19)/t11-,12+/m1/s1. The van der Waals surface area contributed by atoms with Crippen LogP contribution in [0.25, 0.3) is 5.52 Å². The van der Waals surface area contributed by atoms with Crippen molar-refractivity contribution in [2.24, 2.45) is 0 Å². The highest BCUT2D eigenvalue weighted by Gasteiger charge is 2.26. The Kier molecular flexibility index (Phi) is 3.42. The van der Waals surface area contributed by atoms with Crippen molar-refractivity contribution in [3.8, 4) is 0 Å². The average Bonchev–Trinajstić information content (AvgIpc) is 2.87. The lowest BCUT2D eigenvalue weighted by Crippen LogP contribution is -2.49. The van der Waals surface area contributed by atoms with Gasteiger partial charge in [0, 0.05) is 12.8 Å². The number of fused-ring (bicyclic) bond motifs is 1. The summed E-state index contributed by atoms with van der Waals surface area (Å²) in [5, 5.41) is 16.9. The Bertz CT molecular complexity index is 638. The monoisotopic (exact) mass is 275 g/mol. The smallest absolute Gasteiger partial charge is 0.255 e. The van der Waals surface area contributed by atoms with Gasteiger partial charge < -0.3 is 15.2 Å². The number of aryl methyl sites for hydroxylation is 1. The maximum absolute atomic E-state index is 12.4. The molecule has 1 aliphatic rings. The zero-order chi connectivity index (χ0) is 14.1. The Labute approximate surface area is 116 Å². The Hall–Kier alpha value is -1.92. The number of nitrogens with one attached hydrogen (secondary N) is 1. The summed E-state index contributed by atoms with van der Waals surface area (Å²) in [5.74, 6) is -0.233. The average molecular weight is 275 g/mol. The van der Waals surface area contributed by atoms with E-state index in [2.05, 4.69) is 10.4 Å². The maximum atomic E-state index is 12.4. The first kappa shape index (κ1) is 13.1. The number of pyridine rings is 1. The van der Waals surface area contributed by atoms with Crippen molar-refractivity contribution >= 4 is 11.4 Å². The summed E-state index contributed by atoms with van der Waals surface area (Å²) in [6.07, 6.45) is 3.33. The predicted octanol–water partition coefficient (Wildman–Crippen LogP) is 0.522. The van der Waals surface area contributed by atoms with Crippen LogP contribution in [-0.2, 0) is 4.74 Å². The molecule has 0 saturated carbocycles. The lowest BCUT2D eigenvalue weighted by atomic mass is 10.1. The zero-order valence-corrected chi connectivity index (χ0v) is 11.2. The number of ether oxygens (including phenoxy) is 1. The molecule has 0 radical (unpaired) electrons. The number of aromatic nitrogens is 2. The summed E-state index contributed by atoms with van der Waals surface area (Å²) in [7, 11) is 0. The van der Waals surface area contributed by atoms with Crippen LogP contribution in [-0.4, -0.2) is 46.0 Å². The second-order valence-electron chi connectivity index (χ2n) is 5.05. The van der Waals surface area contributed by atoms with E-state index in [-0.39, 0.29) is 11.9 Å². The quantitative estimate of drug-likeness (QED) is 0.838. The summed E-state index contributed by atoms with van der Waals surface area (Å²) >= 11 is 0. The van der Waals surface area contributed by atoms with Gasteiger partial charge in [0.15, 0.2) is 0 Å². The van der Waals surface area contributed by atoms with Gasteiger partial charge in [-0.2, -0.15) is 5.10 Å². The van der Waals surface area contributed by atoms with E-state index in [1.807, 2.05) is 19.1 Å². The van der Waals surface area contributed by atoms with Gasteiger partial charge in [0.05, 0.1) is 36.0 Å². The molecule has 6 heteroatoms. The van der Waals surface area contributed by atoms with E-state index < -0.39 is 6.10 Å². The Morgan fingerprint density at radius 2 is 2.45 bits per heavy atom. The molecule has 20 heavy (non-hydrogen) atoms. The van der Waals surface area contributed by atoms with Gasteiger partial charge in [-0.25, -0.2) is 4.52 Å². The van der Waals surface area contributed by atoms with E-state index in [4.69, 9.17) is 4.74 Å². The molecule has 2 atom stereocenters. The van der Waals surface area contributed by atoms with E-state index in [1.54, 1.807) is 16.9 Å². The van der Waals surface area contributed by atoms with Crippen molar-refractivity contribution in [1.29, 1.82) is 0 Å². The molecule has 0 unspecified atom stereocenters. The fourth-order valence-corrected chi connectivity index (χ4v) is 2.49. The van der Waals surface area contributed by atoms with Crippen LogP contribution >= 0.6 is 0 Å². The highest BCUT2D eigenvalue weighted by molar-refractivity contribution is 6.01. The van der Waals surface area contributed by atoms with Crippen LogP contribution in [0.2, 0.25) is 0 Å². The zero-order valence-electron chi connectivity index (χ0n) is 11.2. The number of hydrogen-bond donors (Lipinski definition) is 2. The Balaban J connectivity index is 1.85. The third-order valence-corrected chi connectivity index (χ3v) is 3.62. The fraction of sp³-hybridized carbons (Fsp3) is 0.429. The minimum Gasteiger partial charge on any atom is -0.391 e. The minimum absolute atomic E-state index is 0.233. The number of rotatable bonds is 2. The molecule has 1 saturated heterocycles. The molecule has 0 aliphatic carbocycles. The van der Waals surface area contributed by atoms with Crippen LogP contribution in [0.3, 0.4) is 0 Å². The van der Waals surface area contributed by atoms with Crippen molar-refractivity contribution in [1.82, 2.24) is 14.9 Å². The third-order valence-electron chi connectivity index (χ3n) is 3.62. The number of carbonyl (C=O) groups excluding carboxylic acids is 1. The van der Waals surface area contributed by atoms with Crippen LogP contribution in [0.1, 0.15) is 22.3 Å². The number of hydrogen-bond acceptors (Lipinski definition) is 4. The van der Waals surface area contributed by atoms with Crippen LogP contribution in [0.15, 0.2) is 24.5 Å². The minimum atomic E-state index is -0.560. The predicted molar refractivity (Wildman–Crippen MR) is 72.6 cm³/mol. The second-order valence-corrected chi connectivity index (χ2v) is 5.05. The normalized spacial score (nSPS) is 22.9. The molecule has 2 aromatic rings. The fourth-order valence-electron chi connectivity index (χ4n) is 2.49. The van der Waals surface area contributed by atoms with E-state index in [1.165, 1.54) is 0 Å². The van der Waals surface area contributed by atoms with Gasteiger partial charge in [0.1, 0.15) is 0 Å². The molecule has 2 aromatic heterocycles. The van der Waals surface area contributed by atoms with E-state index in [0.29, 0.717) is 25.2 Å². The number of nitrogens with zero attached hydrogens (tertiary/aromatic N) is 2. The first-order chi connectivity index (χ1) is 9.66. The van der Waals surface area contributed by atoms with E-state index in [9.17, 15) is 9.90 Å². The van der Waals surface area contributed by atoms with Crippen LogP contribution < -0.4 is 5.32 Å². The van der Waals surface area contributed by atoms with Crippen molar-refractivity contribution in [3.63, 3.8) is 0 Å². The highest BCUT2D eigenvalue weighted by Crippen LogP contribution is 2.16. The summed E-state index contributed by atoms with van der Waals surface area (Å²) in [4.78, 5) is 12.4. The molecule has 2 N–H and O–H groups in total. The highest BCUT2D eigenvalue weighted by atomic mass is 16.5. The second kappa shape index (κ2) is 5.22. The molecule has 1 aliphatic heterocycles. The van der Waals surface area contributed by atoms with Crippen molar-refractivity contribution in [2.75, 3.05) is 13.2 Å². The SMILES string of the molecule is Cc1cccn2ncc(C(=O)N[C@@H]3COCC[C@@H]3O)c12. The third kappa shape index (κ3) is 2.28. The van der Waals surface area contributed by atoms with Crippen LogP contribution in [0.5, 0.6) is 0 Å². The van der Waals surface area contributed by atoms with Gasteiger partial charge in [-0.1, -0.05) is 6.07 Å². The molecule has 1 fully saturated rings. The summed E-state index contributed by atoms with van der Waals surface area (Å²) in [5.41, 5.74) is 2.28. The first-order valence-corrected chi connectivity index (χ1v) is 6.66. The van der Waals surface area contributed by atoms with Crippen LogP contribution in [0, 0.1) is 6.92 Å². The van der Waals surface area contributed by atoms with E-state index >= 15 is 0 Å². The van der Waals surface area contributed by atoms with Crippen LogP contribution in [0.4, 0.5) is 0 Å². The molecule has 3 heterocycles. The van der Waals surface area contributed by atoms with Gasteiger partial charge in [-0.15, -0.1) is 0 Å². The van der Waals surface area contributed by atoms with Gasteiger partial charge in [0.25, 0.3) is 5.91 Å². The number of aliphatic hydroxyl groups is 1. The molecular weight excluding hydrogens is 258 g/mol. The van der Waals surface area contributed by atoms with Crippen molar-refractivity contribution in [2.45, 2.75) is 25.5 Å². The number of amides is 1. The molecule has 0 spiro atoms. The first-order valence-electron chi connectivity index (χ1n) is 6.66. The number of aliphatic hydroxyl groups excluding tert-OH is 1. The maximum Gasteiger partial charge on any atom is 0.255 e. The van der Waals surface area contributed by atoms with Gasteiger partial charge in [-0.3, -0.25) is 4.79 Å². The van der Waals surface area contributed by atoms with Crippen molar-refractivity contribution < 1.29 is 14.6 Å². The van der Waals surface area contributed by atoms with Crippen molar-refractivity contribution in [3.05, 3.63) is 35.7 Å². The summed E-state index contributed by atoms with van der Waals surface area (Å²) < 4.78 is 6.97.